The molecule has 122 valence electrons. The third-order valence-corrected chi connectivity index (χ3v) is 3.43. The molecule has 0 atom stereocenters. The van der Waals surface area contributed by atoms with Gasteiger partial charge in [-0.2, -0.15) is 5.10 Å². The minimum atomic E-state index is -0.186. The van der Waals surface area contributed by atoms with E-state index in [0.717, 1.165) is 29.8 Å². The van der Waals surface area contributed by atoms with Gasteiger partial charge in [-0.05, 0) is 31.0 Å². The number of hydrogen-bond acceptors (Lipinski definition) is 5. The second kappa shape index (κ2) is 8.12. The minimum Gasteiger partial charge on any atom is -0.497 e. The van der Waals surface area contributed by atoms with Crippen molar-refractivity contribution in [3.63, 3.8) is 0 Å². The summed E-state index contributed by atoms with van der Waals surface area (Å²) < 4.78 is 6.82. The summed E-state index contributed by atoms with van der Waals surface area (Å²) in [5.74, 6) is 1.02. The zero-order valence-corrected chi connectivity index (χ0v) is 13.7. The van der Waals surface area contributed by atoms with Crippen LogP contribution in [0.15, 0.2) is 40.4 Å². The Morgan fingerprint density at radius 1 is 1.35 bits per heavy atom. The van der Waals surface area contributed by atoms with Crippen molar-refractivity contribution in [1.29, 1.82) is 0 Å². The SMILES string of the molecule is CCC/C=N/Nc1ncc(C)n(Cc2ccc(OC)cc2)c1=O. The Kier molecular flexibility index (Phi) is 5.91. The van der Waals surface area contributed by atoms with Crippen LogP contribution in [0.3, 0.4) is 0 Å². The van der Waals surface area contributed by atoms with E-state index in [1.54, 1.807) is 24.1 Å². The molecule has 0 saturated carbocycles. The first-order chi connectivity index (χ1) is 11.2. The van der Waals surface area contributed by atoms with Crippen molar-refractivity contribution in [2.45, 2.75) is 33.2 Å². The molecule has 0 amide bonds. The summed E-state index contributed by atoms with van der Waals surface area (Å²) in [5.41, 5.74) is 4.35. The van der Waals surface area contributed by atoms with Crippen molar-refractivity contribution in [2.24, 2.45) is 5.10 Å². The molecule has 0 aliphatic heterocycles. The lowest BCUT2D eigenvalue weighted by atomic mass is 10.2. The second-order valence-electron chi connectivity index (χ2n) is 5.20. The van der Waals surface area contributed by atoms with Gasteiger partial charge in [0.15, 0.2) is 0 Å². The first kappa shape index (κ1) is 16.7. The summed E-state index contributed by atoms with van der Waals surface area (Å²) in [6.07, 6.45) is 5.28. The van der Waals surface area contributed by atoms with Gasteiger partial charge in [-0.3, -0.25) is 10.2 Å². The molecule has 2 aromatic rings. The van der Waals surface area contributed by atoms with E-state index in [-0.39, 0.29) is 11.4 Å². The van der Waals surface area contributed by atoms with Crippen molar-refractivity contribution >= 4 is 12.0 Å². The lowest BCUT2D eigenvalue weighted by Gasteiger charge is -2.11. The molecule has 0 bridgehead atoms. The van der Waals surface area contributed by atoms with Crippen LogP contribution in [0.1, 0.15) is 31.0 Å². The highest BCUT2D eigenvalue weighted by molar-refractivity contribution is 5.58. The average Bonchev–Trinajstić information content (AvgIpc) is 2.57. The molecule has 6 heteroatoms. The predicted molar refractivity (Wildman–Crippen MR) is 92.4 cm³/mol. The van der Waals surface area contributed by atoms with Gasteiger partial charge in [0.1, 0.15) is 5.75 Å². The van der Waals surface area contributed by atoms with E-state index in [4.69, 9.17) is 4.74 Å². The molecule has 1 aromatic heterocycles. The molecule has 1 heterocycles. The number of aryl methyl sites for hydroxylation is 1. The molecule has 0 fully saturated rings. The molecule has 0 saturated heterocycles. The number of anilines is 1. The van der Waals surface area contributed by atoms with Crippen LogP contribution < -0.4 is 15.7 Å². The van der Waals surface area contributed by atoms with Crippen molar-refractivity contribution < 1.29 is 4.74 Å². The number of benzene rings is 1. The lowest BCUT2D eigenvalue weighted by Crippen LogP contribution is -2.26. The highest BCUT2D eigenvalue weighted by Crippen LogP contribution is 2.12. The zero-order chi connectivity index (χ0) is 16.7. The molecule has 0 spiro atoms. The van der Waals surface area contributed by atoms with Crippen molar-refractivity contribution in [3.05, 3.63) is 52.1 Å². The molecule has 1 N–H and O–H groups in total. The number of unbranched alkanes of at least 4 members (excludes halogenated alkanes) is 1. The molecular weight excluding hydrogens is 292 g/mol. The quantitative estimate of drug-likeness (QED) is 0.630. The average molecular weight is 314 g/mol. The van der Waals surface area contributed by atoms with E-state index in [1.165, 1.54) is 0 Å². The van der Waals surface area contributed by atoms with Gasteiger partial charge >= 0.3 is 0 Å². The summed E-state index contributed by atoms with van der Waals surface area (Å²) in [7, 11) is 1.63. The minimum absolute atomic E-state index is 0.186. The third-order valence-electron chi connectivity index (χ3n) is 3.43. The van der Waals surface area contributed by atoms with Gasteiger partial charge in [-0.1, -0.05) is 25.5 Å². The zero-order valence-electron chi connectivity index (χ0n) is 13.7. The fourth-order valence-electron chi connectivity index (χ4n) is 2.06. The third kappa shape index (κ3) is 4.42. The number of ether oxygens (including phenoxy) is 1. The van der Waals surface area contributed by atoms with Crippen molar-refractivity contribution in [1.82, 2.24) is 9.55 Å². The van der Waals surface area contributed by atoms with E-state index in [9.17, 15) is 4.79 Å². The molecule has 0 aliphatic rings. The van der Waals surface area contributed by atoms with Crippen molar-refractivity contribution in [2.75, 3.05) is 12.5 Å². The summed E-state index contributed by atoms with van der Waals surface area (Å²) in [6, 6.07) is 7.64. The standard InChI is InChI=1S/C17H22N4O2/c1-4-5-10-19-20-16-17(22)21(13(2)11-18-16)12-14-6-8-15(23-3)9-7-14/h6-11H,4-5,12H2,1-3H3,(H,18,20)/b19-10+. The molecule has 2 rings (SSSR count). The Balaban J connectivity index is 2.21. The highest BCUT2D eigenvalue weighted by Gasteiger charge is 2.08. The van der Waals surface area contributed by atoms with Gasteiger partial charge < -0.3 is 9.30 Å². The Labute approximate surface area is 135 Å². The molecule has 1 aromatic carbocycles. The smallest absolute Gasteiger partial charge is 0.295 e. The Morgan fingerprint density at radius 2 is 2.09 bits per heavy atom. The first-order valence-electron chi connectivity index (χ1n) is 7.62. The van der Waals surface area contributed by atoms with E-state index in [2.05, 4.69) is 22.4 Å². The lowest BCUT2D eigenvalue weighted by molar-refractivity contribution is 0.414. The van der Waals surface area contributed by atoms with Gasteiger partial charge in [0.05, 0.1) is 13.7 Å². The van der Waals surface area contributed by atoms with Crippen LogP contribution in [0, 0.1) is 6.92 Å². The molecule has 0 radical (unpaired) electrons. The fraction of sp³-hybridized carbons (Fsp3) is 0.353. The molecule has 0 aliphatic carbocycles. The van der Waals surface area contributed by atoms with Gasteiger partial charge in [-0.25, -0.2) is 4.98 Å². The topological polar surface area (TPSA) is 68.5 Å². The summed E-state index contributed by atoms with van der Waals surface area (Å²) in [5, 5.41) is 4.03. The summed E-state index contributed by atoms with van der Waals surface area (Å²) in [6.45, 7) is 4.41. The normalized spacial score (nSPS) is 10.9. The largest absolute Gasteiger partial charge is 0.497 e. The monoisotopic (exact) mass is 314 g/mol. The number of rotatable bonds is 7. The number of methoxy groups -OCH3 is 1. The summed E-state index contributed by atoms with van der Waals surface area (Å²) >= 11 is 0. The van der Waals surface area contributed by atoms with E-state index in [1.807, 2.05) is 31.2 Å². The highest BCUT2D eigenvalue weighted by atomic mass is 16.5. The number of hydrogen-bond donors (Lipinski definition) is 1. The predicted octanol–water partition coefficient (Wildman–Crippen LogP) is 2.81. The van der Waals surface area contributed by atoms with Crippen LogP contribution in [0.25, 0.3) is 0 Å². The maximum Gasteiger partial charge on any atom is 0.295 e. The number of nitrogens with zero attached hydrogens (tertiary/aromatic N) is 3. The Bertz CT molecular complexity index is 720. The summed E-state index contributed by atoms with van der Waals surface area (Å²) in [4.78, 5) is 16.6. The maximum atomic E-state index is 12.5. The Hall–Kier alpha value is -2.63. The fourth-order valence-corrected chi connectivity index (χ4v) is 2.06. The first-order valence-corrected chi connectivity index (χ1v) is 7.62. The van der Waals surface area contributed by atoms with E-state index >= 15 is 0 Å². The van der Waals surface area contributed by atoms with Gasteiger partial charge in [0, 0.05) is 18.1 Å². The number of aromatic nitrogens is 2. The van der Waals surface area contributed by atoms with Crippen LogP contribution in [0.4, 0.5) is 5.82 Å². The van der Waals surface area contributed by atoms with Gasteiger partial charge in [0.2, 0.25) is 5.82 Å². The molecule has 23 heavy (non-hydrogen) atoms. The molecular formula is C17H22N4O2. The molecule has 6 nitrogen and oxygen atoms in total. The van der Waals surface area contributed by atoms with Crippen molar-refractivity contribution in [3.8, 4) is 5.75 Å². The van der Waals surface area contributed by atoms with Gasteiger partial charge in [-0.15, -0.1) is 0 Å². The van der Waals surface area contributed by atoms with Gasteiger partial charge in [0.25, 0.3) is 5.56 Å². The van der Waals surface area contributed by atoms with Crippen LogP contribution in [-0.2, 0) is 6.54 Å². The van der Waals surface area contributed by atoms with E-state index in [0.29, 0.717) is 6.54 Å². The van der Waals surface area contributed by atoms with E-state index < -0.39 is 0 Å². The number of hydrazone groups is 1. The maximum absolute atomic E-state index is 12.5. The van der Waals surface area contributed by atoms with Crippen LogP contribution in [0.2, 0.25) is 0 Å². The number of nitrogens with one attached hydrogen (secondary N) is 1. The van der Waals surface area contributed by atoms with Crippen LogP contribution >= 0.6 is 0 Å². The van der Waals surface area contributed by atoms with Crippen LogP contribution in [0.5, 0.6) is 5.75 Å². The van der Waals surface area contributed by atoms with Crippen LogP contribution in [-0.4, -0.2) is 22.9 Å². The Morgan fingerprint density at radius 3 is 2.74 bits per heavy atom. The second-order valence-corrected chi connectivity index (χ2v) is 5.20. The molecule has 0 unspecified atom stereocenters.